The van der Waals surface area contributed by atoms with Crippen molar-refractivity contribution >= 4 is 35.6 Å². The van der Waals surface area contributed by atoms with Gasteiger partial charge in [0.05, 0.1) is 0 Å². The molecule has 2 aromatic heterocycles. The van der Waals surface area contributed by atoms with E-state index in [0.29, 0.717) is 12.6 Å². The number of pyridine rings is 1. The Morgan fingerprint density at radius 3 is 2.68 bits per heavy atom. The van der Waals surface area contributed by atoms with Crippen LogP contribution in [0.3, 0.4) is 0 Å². The Morgan fingerprint density at radius 2 is 1.87 bits per heavy atom. The first-order valence-electron chi connectivity index (χ1n) is 10.9. The largest absolute Gasteiger partial charge is 0.357 e. The van der Waals surface area contributed by atoms with Crippen molar-refractivity contribution in [2.75, 3.05) is 19.6 Å². The molecule has 0 amide bonds. The summed E-state index contributed by atoms with van der Waals surface area (Å²) in [5.74, 6) is 1.66. The molecule has 166 valence electrons. The van der Waals surface area contributed by atoms with Gasteiger partial charge in [-0.25, -0.2) is 4.99 Å². The molecule has 7 nitrogen and oxygen atoms in total. The summed E-state index contributed by atoms with van der Waals surface area (Å²) in [5.41, 5.74) is 3.80. The maximum Gasteiger partial charge on any atom is 0.191 e. The number of halogens is 1. The summed E-state index contributed by atoms with van der Waals surface area (Å²) in [6, 6.07) is 15.2. The molecule has 0 fully saturated rings. The molecule has 0 radical (unpaired) electrons. The molecule has 0 saturated carbocycles. The molecule has 1 aromatic carbocycles. The first-order chi connectivity index (χ1) is 14.8. The van der Waals surface area contributed by atoms with Gasteiger partial charge < -0.3 is 10.6 Å². The first-order valence-corrected chi connectivity index (χ1v) is 10.9. The summed E-state index contributed by atoms with van der Waals surface area (Å²) >= 11 is 0. The van der Waals surface area contributed by atoms with Gasteiger partial charge in [-0.05, 0) is 43.0 Å². The van der Waals surface area contributed by atoms with Gasteiger partial charge in [-0.1, -0.05) is 37.3 Å². The SMILES string of the molecule is CCNC(=NCc1nnc2ccccn12)NCC(CC)N1CCc2ccccc2C1.I. The topological polar surface area (TPSA) is 69.8 Å². The molecule has 0 spiro atoms. The Balaban J connectivity index is 0.00000272. The van der Waals surface area contributed by atoms with Crippen molar-refractivity contribution in [3.63, 3.8) is 0 Å². The number of rotatable bonds is 7. The molecule has 0 saturated heterocycles. The van der Waals surface area contributed by atoms with Crippen LogP contribution in [0.4, 0.5) is 0 Å². The third-order valence-corrected chi connectivity index (χ3v) is 5.76. The summed E-state index contributed by atoms with van der Waals surface area (Å²) in [7, 11) is 0. The van der Waals surface area contributed by atoms with Crippen LogP contribution in [0.15, 0.2) is 53.7 Å². The van der Waals surface area contributed by atoms with Crippen molar-refractivity contribution < 1.29 is 0 Å². The zero-order valence-electron chi connectivity index (χ0n) is 18.3. The number of aromatic nitrogens is 3. The minimum absolute atomic E-state index is 0. The van der Waals surface area contributed by atoms with E-state index in [1.165, 1.54) is 11.1 Å². The highest BCUT2D eigenvalue weighted by Gasteiger charge is 2.22. The van der Waals surface area contributed by atoms with E-state index in [-0.39, 0.29) is 24.0 Å². The molecule has 31 heavy (non-hydrogen) atoms. The quantitative estimate of drug-likeness (QED) is 0.277. The van der Waals surface area contributed by atoms with Gasteiger partial charge in [-0.2, -0.15) is 0 Å². The van der Waals surface area contributed by atoms with E-state index in [9.17, 15) is 0 Å². The van der Waals surface area contributed by atoms with E-state index >= 15 is 0 Å². The fourth-order valence-electron chi connectivity index (χ4n) is 4.07. The Kier molecular flexibility index (Phi) is 8.65. The van der Waals surface area contributed by atoms with Gasteiger partial charge in [-0.15, -0.1) is 34.2 Å². The minimum atomic E-state index is 0. The van der Waals surface area contributed by atoms with E-state index in [4.69, 9.17) is 4.99 Å². The van der Waals surface area contributed by atoms with E-state index < -0.39 is 0 Å². The van der Waals surface area contributed by atoms with Crippen LogP contribution in [-0.4, -0.2) is 51.1 Å². The molecule has 4 rings (SSSR count). The van der Waals surface area contributed by atoms with Crippen LogP contribution >= 0.6 is 24.0 Å². The summed E-state index contributed by atoms with van der Waals surface area (Å²) in [4.78, 5) is 7.33. The summed E-state index contributed by atoms with van der Waals surface area (Å²) in [6.07, 6.45) is 4.20. The molecule has 2 N–H and O–H groups in total. The van der Waals surface area contributed by atoms with E-state index in [0.717, 1.165) is 56.5 Å². The third-order valence-electron chi connectivity index (χ3n) is 5.76. The van der Waals surface area contributed by atoms with Crippen molar-refractivity contribution in [1.82, 2.24) is 30.1 Å². The van der Waals surface area contributed by atoms with Crippen LogP contribution in [-0.2, 0) is 19.5 Å². The summed E-state index contributed by atoms with van der Waals surface area (Å²) in [5, 5.41) is 15.4. The van der Waals surface area contributed by atoms with Crippen LogP contribution in [0.2, 0.25) is 0 Å². The number of nitrogens with zero attached hydrogens (tertiary/aromatic N) is 5. The highest BCUT2D eigenvalue weighted by Crippen LogP contribution is 2.21. The van der Waals surface area contributed by atoms with Crippen molar-refractivity contribution in [1.29, 1.82) is 0 Å². The smallest absolute Gasteiger partial charge is 0.191 e. The van der Waals surface area contributed by atoms with Gasteiger partial charge in [0, 0.05) is 38.4 Å². The molecule has 3 heterocycles. The Labute approximate surface area is 201 Å². The van der Waals surface area contributed by atoms with Gasteiger partial charge in [-0.3, -0.25) is 9.30 Å². The standard InChI is InChI=1S/C23H31N7.HI/c1-3-20(29-14-12-18-9-5-6-10-19(18)17-29)15-25-23(24-4-2)26-16-22-28-27-21-11-7-8-13-30(21)22;/h5-11,13,20H,3-4,12,14-17H2,1-2H3,(H2,24,25,26);1H. The summed E-state index contributed by atoms with van der Waals surface area (Å²) < 4.78 is 1.98. The highest BCUT2D eigenvalue weighted by atomic mass is 127. The van der Waals surface area contributed by atoms with Gasteiger partial charge >= 0.3 is 0 Å². The molecule has 0 bridgehead atoms. The van der Waals surface area contributed by atoms with Crippen LogP contribution in [0.5, 0.6) is 0 Å². The van der Waals surface area contributed by atoms with Crippen LogP contribution in [0.25, 0.3) is 5.65 Å². The van der Waals surface area contributed by atoms with Crippen molar-refractivity contribution in [3.8, 4) is 0 Å². The molecule has 1 aliphatic heterocycles. The number of fused-ring (bicyclic) bond motifs is 2. The molecule has 1 aliphatic rings. The number of benzene rings is 1. The lowest BCUT2D eigenvalue weighted by atomic mass is 9.98. The molecular weight excluding hydrogens is 501 g/mol. The number of nitrogens with one attached hydrogen (secondary N) is 2. The maximum atomic E-state index is 4.75. The predicted molar refractivity (Wildman–Crippen MR) is 136 cm³/mol. The van der Waals surface area contributed by atoms with E-state index in [1.54, 1.807) is 0 Å². The normalized spacial score (nSPS) is 15.2. The first kappa shape index (κ1) is 23.5. The fraction of sp³-hybridized carbons (Fsp3) is 0.435. The molecule has 1 atom stereocenters. The van der Waals surface area contributed by atoms with Crippen molar-refractivity contribution in [2.45, 2.75) is 45.8 Å². The zero-order chi connectivity index (χ0) is 20.8. The second kappa shape index (κ2) is 11.4. The van der Waals surface area contributed by atoms with Crippen molar-refractivity contribution in [2.24, 2.45) is 4.99 Å². The average Bonchev–Trinajstić information content (AvgIpc) is 3.21. The van der Waals surface area contributed by atoms with Crippen LogP contribution < -0.4 is 10.6 Å². The number of guanidine groups is 1. The molecule has 1 unspecified atom stereocenters. The molecular formula is C23H32IN7. The minimum Gasteiger partial charge on any atom is -0.357 e. The molecule has 3 aromatic rings. The summed E-state index contributed by atoms with van der Waals surface area (Å²) in [6.45, 7) is 8.65. The Hall–Kier alpha value is -2.20. The van der Waals surface area contributed by atoms with Crippen LogP contribution in [0.1, 0.15) is 37.2 Å². The maximum absolute atomic E-state index is 4.75. The van der Waals surface area contributed by atoms with Gasteiger partial charge in [0.15, 0.2) is 17.4 Å². The van der Waals surface area contributed by atoms with Crippen LogP contribution in [0, 0.1) is 0 Å². The van der Waals surface area contributed by atoms with Gasteiger partial charge in [0.1, 0.15) is 6.54 Å². The van der Waals surface area contributed by atoms with Gasteiger partial charge in [0.2, 0.25) is 0 Å². The third kappa shape index (κ3) is 5.74. The number of hydrogen-bond donors (Lipinski definition) is 2. The number of hydrogen-bond acceptors (Lipinski definition) is 4. The lowest BCUT2D eigenvalue weighted by molar-refractivity contribution is 0.174. The monoisotopic (exact) mass is 533 g/mol. The van der Waals surface area contributed by atoms with E-state index in [1.807, 2.05) is 28.8 Å². The average molecular weight is 533 g/mol. The Morgan fingerprint density at radius 1 is 1.06 bits per heavy atom. The van der Waals surface area contributed by atoms with Crippen molar-refractivity contribution in [3.05, 3.63) is 65.6 Å². The highest BCUT2D eigenvalue weighted by molar-refractivity contribution is 14.0. The van der Waals surface area contributed by atoms with E-state index in [2.05, 4.69) is 63.8 Å². The second-order valence-corrected chi connectivity index (χ2v) is 7.67. The predicted octanol–water partition coefficient (Wildman–Crippen LogP) is 3.24. The van der Waals surface area contributed by atoms with Gasteiger partial charge in [0.25, 0.3) is 0 Å². The lowest BCUT2D eigenvalue weighted by Crippen LogP contribution is -2.48. The number of aliphatic imine (C=N–C) groups is 1. The second-order valence-electron chi connectivity index (χ2n) is 7.67. The molecule has 8 heteroatoms. The lowest BCUT2D eigenvalue weighted by Gasteiger charge is -2.35. The zero-order valence-corrected chi connectivity index (χ0v) is 20.6. The molecule has 0 aliphatic carbocycles. The Bertz CT molecular complexity index is 1000. The fourth-order valence-corrected chi connectivity index (χ4v) is 4.07.